The SMILES string of the molecule is C=C1CC(CC2C(C)=CCCC2C(C)=CCC2C(=C)CCC3C(C)(C(=O)O)CCCC23C)C2(C)CCCC(C)(C(=O)O)C2C1. The molecule has 4 saturated carbocycles. The second-order valence-corrected chi connectivity index (χ2v) is 17.0. The van der Waals surface area contributed by atoms with Crippen LogP contribution in [0.3, 0.4) is 0 Å². The number of rotatable bonds is 7. The summed E-state index contributed by atoms with van der Waals surface area (Å²) in [5.74, 6) is 0.814. The van der Waals surface area contributed by atoms with E-state index in [0.717, 1.165) is 89.9 Å². The summed E-state index contributed by atoms with van der Waals surface area (Å²) >= 11 is 0. The van der Waals surface area contributed by atoms with Gasteiger partial charge in [0.05, 0.1) is 10.8 Å². The lowest BCUT2D eigenvalue weighted by molar-refractivity contribution is -0.165. The minimum Gasteiger partial charge on any atom is -0.481 e. The van der Waals surface area contributed by atoms with Crippen LogP contribution >= 0.6 is 0 Å². The Hall–Kier alpha value is -2.10. The number of allylic oxidation sites excluding steroid dienone is 6. The number of aliphatic carboxylic acids is 2. The van der Waals surface area contributed by atoms with Gasteiger partial charge in [-0.3, -0.25) is 9.59 Å². The molecule has 5 aliphatic rings. The molecule has 10 atom stereocenters. The Morgan fingerprint density at radius 3 is 2.16 bits per heavy atom. The molecule has 4 heteroatoms. The first-order chi connectivity index (χ1) is 20.6. The van der Waals surface area contributed by atoms with E-state index >= 15 is 0 Å². The van der Waals surface area contributed by atoms with Gasteiger partial charge in [-0.15, -0.1) is 0 Å². The van der Waals surface area contributed by atoms with E-state index in [1.807, 2.05) is 13.8 Å². The van der Waals surface area contributed by atoms with E-state index in [-0.39, 0.29) is 22.7 Å². The highest BCUT2D eigenvalue weighted by molar-refractivity contribution is 5.75. The van der Waals surface area contributed by atoms with Crippen molar-refractivity contribution in [2.24, 2.45) is 57.2 Å². The maximum absolute atomic E-state index is 12.6. The van der Waals surface area contributed by atoms with E-state index < -0.39 is 22.8 Å². The van der Waals surface area contributed by atoms with E-state index in [2.05, 4.69) is 53.0 Å². The molecule has 0 saturated heterocycles. The standard InChI is InChI=1S/C40H60O4/c1-25-22-29(37(5)18-10-21-40(8,36(43)44)34(37)23-25)24-31-26(2)12-9-13-30(31)27(3)14-16-32-28(4)15-17-33-38(32,6)19-11-20-39(33,7)35(41)42/h12,14,29-34H,1,4,9-11,13,15-24H2,2-3,5-8H3,(H,41,42)(H,43,44). The van der Waals surface area contributed by atoms with E-state index in [9.17, 15) is 19.8 Å². The highest BCUT2D eigenvalue weighted by Crippen LogP contribution is 2.64. The van der Waals surface area contributed by atoms with Gasteiger partial charge < -0.3 is 10.2 Å². The zero-order valence-corrected chi connectivity index (χ0v) is 28.6. The quantitative estimate of drug-likeness (QED) is 0.284. The van der Waals surface area contributed by atoms with Gasteiger partial charge in [0.2, 0.25) is 0 Å². The van der Waals surface area contributed by atoms with Gasteiger partial charge in [-0.2, -0.15) is 0 Å². The molecule has 5 aliphatic carbocycles. The fourth-order valence-electron chi connectivity index (χ4n) is 11.9. The predicted molar refractivity (Wildman–Crippen MR) is 179 cm³/mol. The van der Waals surface area contributed by atoms with Crippen LogP contribution in [-0.4, -0.2) is 22.2 Å². The summed E-state index contributed by atoms with van der Waals surface area (Å²) in [6, 6.07) is 0. The van der Waals surface area contributed by atoms with Crippen molar-refractivity contribution >= 4 is 11.9 Å². The largest absolute Gasteiger partial charge is 0.481 e. The molecule has 244 valence electrons. The molecule has 0 amide bonds. The van der Waals surface area contributed by atoms with Gasteiger partial charge in [0, 0.05) is 0 Å². The Balaban J connectivity index is 1.39. The van der Waals surface area contributed by atoms with Crippen molar-refractivity contribution in [2.45, 2.75) is 131 Å². The van der Waals surface area contributed by atoms with Crippen LogP contribution in [0.15, 0.2) is 47.6 Å². The molecule has 0 heterocycles. The van der Waals surface area contributed by atoms with Gasteiger partial charge in [-0.05, 0) is 151 Å². The average Bonchev–Trinajstić information content (AvgIpc) is 2.94. The van der Waals surface area contributed by atoms with E-state index in [1.54, 1.807) is 0 Å². The fraction of sp³-hybridized carbons (Fsp3) is 0.750. The third-order valence-corrected chi connectivity index (χ3v) is 14.7. The Kier molecular flexibility index (Phi) is 9.01. The molecule has 0 bridgehead atoms. The van der Waals surface area contributed by atoms with Gasteiger partial charge in [0.15, 0.2) is 0 Å². The molecule has 4 nitrogen and oxygen atoms in total. The molecule has 2 N–H and O–H groups in total. The number of carbonyl (C=O) groups is 2. The van der Waals surface area contributed by atoms with Crippen LogP contribution in [0.4, 0.5) is 0 Å². The first kappa shape index (κ1) is 33.3. The molecular weight excluding hydrogens is 544 g/mol. The zero-order chi connectivity index (χ0) is 32.2. The second-order valence-electron chi connectivity index (χ2n) is 17.0. The molecule has 4 fully saturated rings. The average molecular weight is 605 g/mol. The first-order valence-corrected chi connectivity index (χ1v) is 17.7. The van der Waals surface area contributed by atoms with Crippen molar-refractivity contribution in [1.82, 2.24) is 0 Å². The van der Waals surface area contributed by atoms with Gasteiger partial charge >= 0.3 is 11.9 Å². The highest BCUT2D eigenvalue weighted by Gasteiger charge is 2.59. The van der Waals surface area contributed by atoms with Crippen molar-refractivity contribution in [3.8, 4) is 0 Å². The van der Waals surface area contributed by atoms with Crippen LogP contribution in [0.25, 0.3) is 0 Å². The molecule has 0 aliphatic heterocycles. The van der Waals surface area contributed by atoms with Crippen molar-refractivity contribution in [3.05, 3.63) is 47.6 Å². The molecule has 0 aromatic carbocycles. The summed E-state index contributed by atoms with van der Waals surface area (Å²) in [4.78, 5) is 25.1. The van der Waals surface area contributed by atoms with Crippen molar-refractivity contribution in [1.29, 1.82) is 0 Å². The normalized spacial score (nSPS) is 44.8. The van der Waals surface area contributed by atoms with Gasteiger partial charge in [-0.1, -0.05) is 74.3 Å². The summed E-state index contributed by atoms with van der Waals surface area (Å²) in [6.07, 6.45) is 18.8. The van der Waals surface area contributed by atoms with Gasteiger partial charge in [0.25, 0.3) is 0 Å². The molecule has 10 unspecified atom stereocenters. The van der Waals surface area contributed by atoms with Crippen LogP contribution in [-0.2, 0) is 9.59 Å². The van der Waals surface area contributed by atoms with E-state index in [0.29, 0.717) is 23.7 Å². The van der Waals surface area contributed by atoms with Crippen LogP contribution < -0.4 is 0 Å². The van der Waals surface area contributed by atoms with E-state index in [4.69, 9.17) is 0 Å². The minimum atomic E-state index is -0.673. The van der Waals surface area contributed by atoms with Crippen LogP contribution in [0, 0.1) is 57.2 Å². The predicted octanol–water partition coefficient (Wildman–Crippen LogP) is 10.4. The third kappa shape index (κ3) is 5.38. The maximum Gasteiger partial charge on any atom is 0.309 e. The number of hydrogen-bond donors (Lipinski definition) is 2. The van der Waals surface area contributed by atoms with E-state index in [1.165, 1.54) is 22.3 Å². The summed E-state index contributed by atoms with van der Waals surface area (Å²) in [5, 5.41) is 20.6. The van der Waals surface area contributed by atoms with Crippen LogP contribution in [0.1, 0.15) is 131 Å². The van der Waals surface area contributed by atoms with Gasteiger partial charge in [-0.25, -0.2) is 0 Å². The molecule has 0 aromatic rings. The first-order valence-electron chi connectivity index (χ1n) is 17.7. The Bertz CT molecular complexity index is 1260. The third-order valence-electron chi connectivity index (χ3n) is 14.7. The van der Waals surface area contributed by atoms with Crippen molar-refractivity contribution in [3.63, 3.8) is 0 Å². The smallest absolute Gasteiger partial charge is 0.309 e. The molecule has 5 rings (SSSR count). The number of carboxylic acid groups (broad SMARTS) is 2. The number of hydrogen-bond acceptors (Lipinski definition) is 2. The zero-order valence-electron chi connectivity index (χ0n) is 28.6. The Labute approximate surface area is 267 Å². The summed E-state index contributed by atoms with van der Waals surface area (Å²) in [5.41, 5.74) is 4.22. The minimum absolute atomic E-state index is 0.0215. The number of carboxylic acids is 2. The van der Waals surface area contributed by atoms with Crippen LogP contribution in [0.2, 0.25) is 0 Å². The molecule has 0 aromatic heterocycles. The van der Waals surface area contributed by atoms with Crippen molar-refractivity contribution in [2.75, 3.05) is 0 Å². The summed E-state index contributed by atoms with van der Waals surface area (Å²) in [6.45, 7) is 22.5. The lowest BCUT2D eigenvalue weighted by Crippen LogP contribution is -2.53. The lowest BCUT2D eigenvalue weighted by Gasteiger charge is -2.58. The fourth-order valence-corrected chi connectivity index (χ4v) is 11.9. The monoisotopic (exact) mass is 604 g/mol. The molecular formula is C40H60O4. The van der Waals surface area contributed by atoms with Crippen molar-refractivity contribution < 1.29 is 19.8 Å². The topological polar surface area (TPSA) is 74.6 Å². The second kappa shape index (κ2) is 11.9. The molecule has 0 spiro atoms. The lowest BCUT2D eigenvalue weighted by atomic mass is 9.46. The highest BCUT2D eigenvalue weighted by atomic mass is 16.4. The molecule has 44 heavy (non-hydrogen) atoms. The van der Waals surface area contributed by atoms with Gasteiger partial charge in [0.1, 0.15) is 0 Å². The Morgan fingerprint density at radius 2 is 1.52 bits per heavy atom. The number of fused-ring (bicyclic) bond motifs is 2. The maximum atomic E-state index is 12.6. The summed E-state index contributed by atoms with van der Waals surface area (Å²) in [7, 11) is 0. The summed E-state index contributed by atoms with van der Waals surface area (Å²) < 4.78 is 0. The Morgan fingerprint density at radius 1 is 0.909 bits per heavy atom. The molecule has 0 radical (unpaired) electrons. The van der Waals surface area contributed by atoms with Crippen LogP contribution in [0.5, 0.6) is 0 Å².